The Labute approximate surface area is 177 Å². The summed E-state index contributed by atoms with van der Waals surface area (Å²) in [5, 5.41) is 2.45. The number of unbranched alkanes of at least 4 members (excludes halogenated alkanes) is 9. The Morgan fingerprint density at radius 3 is 1.90 bits per heavy atom. The van der Waals surface area contributed by atoms with Crippen LogP contribution < -0.4 is 5.32 Å². The smallest absolute Gasteiger partial charge is 0.416 e. The number of benzene rings is 1. The van der Waals surface area contributed by atoms with Gasteiger partial charge in [-0.25, -0.2) is 4.79 Å². The summed E-state index contributed by atoms with van der Waals surface area (Å²) in [5.74, 6) is -1.17. The minimum Gasteiger partial charge on any atom is -0.464 e. The van der Waals surface area contributed by atoms with Gasteiger partial charge in [-0.1, -0.05) is 64.7 Å². The van der Waals surface area contributed by atoms with Crippen LogP contribution in [0.2, 0.25) is 0 Å². The first kappa shape index (κ1) is 26.0. The maximum absolute atomic E-state index is 12.6. The fourth-order valence-electron chi connectivity index (χ4n) is 3.04. The number of amides is 1. The molecule has 1 aromatic rings. The van der Waals surface area contributed by atoms with E-state index in [1.165, 1.54) is 51.9 Å². The summed E-state index contributed by atoms with van der Waals surface area (Å²) in [7, 11) is 0. The van der Waals surface area contributed by atoms with Crippen LogP contribution in [0, 0.1) is 0 Å². The van der Waals surface area contributed by atoms with Gasteiger partial charge in [-0.05, 0) is 37.6 Å². The van der Waals surface area contributed by atoms with Crippen LogP contribution in [0.5, 0.6) is 0 Å². The Hall–Kier alpha value is -2.05. The minimum atomic E-state index is -4.46. The Kier molecular flexibility index (Phi) is 12.2. The van der Waals surface area contributed by atoms with Gasteiger partial charge in [-0.2, -0.15) is 13.2 Å². The summed E-state index contributed by atoms with van der Waals surface area (Å²) in [6, 6.07) is 2.97. The van der Waals surface area contributed by atoms with E-state index in [2.05, 4.69) is 12.2 Å². The molecule has 0 aliphatic heterocycles. The predicted molar refractivity (Wildman–Crippen MR) is 111 cm³/mol. The third kappa shape index (κ3) is 10.6. The second-order valence-corrected chi connectivity index (χ2v) is 7.62. The molecule has 4 nitrogen and oxygen atoms in total. The molecule has 0 bridgehead atoms. The van der Waals surface area contributed by atoms with Gasteiger partial charge in [0, 0.05) is 5.56 Å². The summed E-state index contributed by atoms with van der Waals surface area (Å²) >= 11 is 0. The predicted octanol–water partition coefficient (Wildman–Crippen LogP) is 6.29. The van der Waals surface area contributed by atoms with Crippen LogP contribution >= 0.6 is 0 Å². The molecule has 0 aliphatic carbocycles. The highest BCUT2D eigenvalue weighted by Gasteiger charge is 2.30. The van der Waals surface area contributed by atoms with E-state index in [-0.39, 0.29) is 5.56 Å². The third-order valence-corrected chi connectivity index (χ3v) is 4.92. The standard InChI is InChI=1S/C23H34F3NO3/c1-3-4-5-6-7-8-9-10-11-12-17-30-22(29)18(2)27-21(28)19-13-15-20(16-14-19)23(24,25)26/h13-16,18H,3-12,17H2,1-2H3,(H,27,28). The lowest BCUT2D eigenvalue weighted by Crippen LogP contribution is -2.39. The monoisotopic (exact) mass is 429 g/mol. The van der Waals surface area contributed by atoms with Crippen molar-refractivity contribution in [2.45, 2.75) is 90.3 Å². The molecular weight excluding hydrogens is 395 g/mol. The van der Waals surface area contributed by atoms with Gasteiger partial charge in [0.05, 0.1) is 12.2 Å². The first-order chi connectivity index (χ1) is 14.3. The number of carbonyl (C=O) groups excluding carboxylic acids is 2. The van der Waals surface area contributed by atoms with Gasteiger partial charge in [0.25, 0.3) is 5.91 Å². The van der Waals surface area contributed by atoms with Crippen LogP contribution in [0.25, 0.3) is 0 Å². The van der Waals surface area contributed by atoms with E-state index in [1.54, 1.807) is 0 Å². The Morgan fingerprint density at radius 1 is 0.900 bits per heavy atom. The molecule has 7 heteroatoms. The molecule has 0 fully saturated rings. The number of rotatable bonds is 14. The highest BCUT2D eigenvalue weighted by Crippen LogP contribution is 2.29. The van der Waals surface area contributed by atoms with Crippen molar-refractivity contribution in [3.63, 3.8) is 0 Å². The van der Waals surface area contributed by atoms with Crippen LogP contribution in [0.4, 0.5) is 13.2 Å². The van der Waals surface area contributed by atoms with E-state index in [9.17, 15) is 22.8 Å². The van der Waals surface area contributed by atoms with Crippen molar-refractivity contribution >= 4 is 11.9 Å². The number of nitrogens with one attached hydrogen (secondary N) is 1. The van der Waals surface area contributed by atoms with Gasteiger partial charge in [-0.3, -0.25) is 4.79 Å². The van der Waals surface area contributed by atoms with Crippen molar-refractivity contribution in [2.24, 2.45) is 0 Å². The number of esters is 1. The lowest BCUT2D eigenvalue weighted by atomic mass is 10.1. The summed E-state index contributed by atoms with van der Waals surface area (Å²) in [4.78, 5) is 24.1. The number of halogens is 3. The largest absolute Gasteiger partial charge is 0.464 e. The maximum atomic E-state index is 12.6. The Morgan fingerprint density at radius 2 is 1.40 bits per heavy atom. The summed E-state index contributed by atoms with van der Waals surface area (Å²) < 4.78 is 42.9. The van der Waals surface area contributed by atoms with Gasteiger partial charge >= 0.3 is 12.1 Å². The van der Waals surface area contributed by atoms with Crippen LogP contribution in [0.1, 0.15) is 94.0 Å². The van der Waals surface area contributed by atoms with E-state index in [4.69, 9.17) is 4.74 Å². The fourth-order valence-corrected chi connectivity index (χ4v) is 3.04. The van der Waals surface area contributed by atoms with Crippen molar-refractivity contribution in [1.82, 2.24) is 5.32 Å². The van der Waals surface area contributed by atoms with Crippen LogP contribution in [0.3, 0.4) is 0 Å². The molecule has 1 unspecified atom stereocenters. The second-order valence-electron chi connectivity index (χ2n) is 7.62. The molecule has 0 saturated carbocycles. The quantitative estimate of drug-likeness (QED) is 0.279. The van der Waals surface area contributed by atoms with E-state index in [0.29, 0.717) is 6.61 Å². The maximum Gasteiger partial charge on any atom is 0.416 e. The summed E-state index contributed by atoms with van der Waals surface area (Å²) in [6.45, 7) is 4.00. The van der Waals surface area contributed by atoms with E-state index in [1.807, 2.05) is 0 Å². The zero-order valence-electron chi connectivity index (χ0n) is 18.0. The number of hydrogen-bond donors (Lipinski definition) is 1. The number of carbonyl (C=O) groups is 2. The second kappa shape index (κ2) is 14.0. The molecule has 170 valence electrons. The van der Waals surface area contributed by atoms with E-state index >= 15 is 0 Å². The Bertz CT molecular complexity index is 630. The third-order valence-electron chi connectivity index (χ3n) is 4.92. The molecular formula is C23H34F3NO3. The van der Waals surface area contributed by atoms with Gasteiger partial charge < -0.3 is 10.1 Å². The van der Waals surface area contributed by atoms with Crippen molar-refractivity contribution in [2.75, 3.05) is 6.61 Å². The Balaban J connectivity index is 2.17. The van der Waals surface area contributed by atoms with Gasteiger partial charge in [0.15, 0.2) is 0 Å². The van der Waals surface area contributed by atoms with Gasteiger partial charge in [0.1, 0.15) is 6.04 Å². The molecule has 0 radical (unpaired) electrons. The van der Waals surface area contributed by atoms with Crippen LogP contribution in [0.15, 0.2) is 24.3 Å². The SMILES string of the molecule is CCCCCCCCCCCCOC(=O)C(C)NC(=O)c1ccc(C(F)(F)F)cc1. The van der Waals surface area contributed by atoms with Crippen molar-refractivity contribution in [3.8, 4) is 0 Å². The molecule has 0 saturated heterocycles. The highest BCUT2D eigenvalue weighted by molar-refractivity contribution is 5.96. The number of hydrogen-bond acceptors (Lipinski definition) is 3. The molecule has 1 atom stereocenters. The first-order valence-corrected chi connectivity index (χ1v) is 10.9. The molecule has 1 rings (SSSR count). The average molecular weight is 430 g/mol. The van der Waals surface area contributed by atoms with Crippen molar-refractivity contribution in [3.05, 3.63) is 35.4 Å². The van der Waals surface area contributed by atoms with E-state index in [0.717, 1.165) is 43.5 Å². The fraction of sp³-hybridized carbons (Fsp3) is 0.652. The van der Waals surface area contributed by atoms with Crippen LogP contribution in [-0.2, 0) is 15.7 Å². The van der Waals surface area contributed by atoms with Crippen molar-refractivity contribution in [1.29, 1.82) is 0 Å². The van der Waals surface area contributed by atoms with Gasteiger partial charge in [-0.15, -0.1) is 0 Å². The zero-order valence-corrected chi connectivity index (χ0v) is 18.0. The molecule has 0 spiro atoms. The molecule has 0 heterocycles. The molecule has 0 aliphatic rings. The van der Waals surface area contributed by atoms with Crippen LogP contribution in [-0.4, -0.2) is 24.5 Å². The lowest BCUT2D eigenvalue weighted by Gasteiger charge is -2.14. The zero-order chi connectivity index (χ0) is 22.4. The van der Waals surface area contributed by atoms with E-state index < -0.39 is 29.7 Å². The topological polar surface area (TPSA) is 55.4 Å². The number of alkyl halides is 3. The van der Waals surface area contributed by atoms with Crippen molar-refractivity contribution < 1.29 is 27.5 Å². The molecule has 1 aromatic carbocycles. The molecule has 1 N–H and O–H groups in total. The normalized spacial score (nSPS) is 12.4. The molecule has 1 amide bonds. The minimum absolute atomic E-state index is 0.0531. The summed E-state index contributed by atoms with van der Waals surface area (Å²) in [5.41, 5.74) is -0.777. The summed E-state index contributed by atoms with van der Waals surface area (Å²) in [6.07, 6.45) is 7.36. The lowest BCUT2D eigenvalue weighted by molar-refractivity contribution is -0.145. The number of ether oxygens (including phenoxy) is 1. The highest BCUT2D eigenvalue weighted by atomic mass is 19.4. The molecule has 0 aromatic heterocycles. The average Bonchev–Trinajstić information content (AvgIpc) is 2.71. The van der Waals surface area contributed by atoms with Gasteiger partial charge in [0.2, 0.25) is 0 Å². The first-order valence-electron chi connectivity index (χ1n) is 10.9. The molecule has 30 heavy (non-hydrogen) atoms.